The van der Waals surface area contributed by atoms with Crippen molar-refractivity contribution < 1.29 is 8.42 Å². The molecule has 0 spiro atoms. The number of thiophene rings is 1. The number of allylic oxidation sites excluding steroid dienone is 1. The zero-order valence-electron chi connectivity index (χ0n) is 12.1. The second-order valence-corrected chi connectivity index (χ2v) is 8.28. The van der Waals surface area contributed by atoms with E-state index in [1.54, 1.807) is 23.6 Å². The molecule has 0 unspecified atom stereocenters. The maximum atomic E-state index is 12.4. The summed E-state index contributed by atoms with van der Waals surface area (Å²) in [7, 11) is -3.68. The van der Waals surface area contributed by atoms with E-state index in [9.17, 15) is 8.42 Å². The SMILES string of the molecule is C=CCn1c(-c2ccccc2)cs/c1=N/S(=O)(=O)c1cccs1. The third kappa shape index (κ3) is 3.36. The average Bonchev–Trinajstić information content (AvgIpc) is 3.20. The molecule has 0 aliphatic carbocycles. The fraction of sp³-hybridized carbons (Fsp3) is 0.0625. The van der Waals surface area contributed by atoms with Crippen LogP contribution in [0.5, 0.6) is 0 Å². The fourth-order valence-electron chi connectivity index (χ4n) is 2.11. The molecule has 2 heterocycles. The van der Waals surface area contributed by atoms with Crippen LogP contribution < -0.4 is 4.80 Å². The zero-order chi connectivity index (χ0) is 16.3. The molecule has 0 atom stereocenters. The van der Waals surface area contributed by atoms with Gasteiger partial charge >= 0.3 is 0 Å². The second kappa shape index (κ2) is 6.66. The van der Waals surface area contributed by atoms with Gasteiger partial charge in [-0.2, -0.15) is 8.42 Å². The Balaban J connectivity index is 2.16. The third-order valence-corrected chi connectivity index (χ3v) is 6.75. The molecule has 0 saturated carbocycles. The van der Waals surface area contributed by atoms with Crippen molar-refractivity contribution in [1.29, 1.82) is 0 Å². The lowest BCUT2D eigenvalue weighted by Crippen LogP contribution is -2.17. The number of benzene rings is 1. The molecule has 0 radical (unpaired) electrons. The molecule has 0 fully saturated rings. The number of hydrogen-bond acceptors (Lipinski definition) is 4. The van der Waals surface area contributed by atoms with E-state index in [0.717, 1.165) is 11.3 Å². The molecule has 3 rings (SSSR count). The highest BCUT2D eigenvalue weighted by Gasteiger charge is 2.15. The van der Waals surface area contributed by atoms with Crippen LogP contribution in [0.25, 0.3) is 11.3 Å². The van der Waals surface area contributed by atoms with Crippen molar-refractivity contribution in [3.63, 3.8) is 0 Å². The van der Waals surface area contributed by atoms with Crippen LogP contribution in [-0.4, -0.2) is 13.0 Å². The molecule has 0 saturated heterocycles. The molecule has 0 amide bonds. The van der Waals surface area contributed by atoms with Crippen LogP contribution in [0.3, 0.4) is 0 Å². The lowest BCUT2D eigenvalue weighted by molar-refractivity contribution is 0.597. The van der Waals surface area contributed by atoms with Gasteiger partial charge in [0.2, 0.25) is 4.80 Å². The standard InChI is InChI=1S/C16H14N2O2S3/c1-2-10-18-14(13-7-4-3-5-8-13)12-22-16(18)17-23(19,20)15-9-6-11-21-15/h2-9,11-12H,1,10H2/b17-16+. The van der Waals surface area contributed by atoms with Gasteiger partial charge in [0.05, 0.1) is 5.69 Å². The summed E-state index contributed by atoms with van der Waals surface area (Å²) in [4.78, 5) is 0.442. The highest BCUT2D eigenvalue weighted by atomic mass is 32.2. The van der Waals surface area contributed by atoms with Crippen LogP contribution in [-0.2, 0) is 16.6 Å². The maximum Gasteiger partial charge on any atom is 0.294 e. The summed E-state index contributed by atoms with van der Waals surface area (Å²) in [6.45, 7) is 4.25. The summed E-state index contributed by atoms with van der Waals surface area (Å²) in [5.41, 5.74) is 1.94. The maximum absolute atomic E-state index is 12.4. The average molecular weight is 363 g/mol. The minimum absolute atomic E-state index is 0.248. The molecule has 0 aliphatic heterocycles. The molecular formula is C16H14N2O2S3. The van der Waals surface area contributed by atoms with E-state index >= 15 is 0 Å². The van der Waals surface area contributed by atoms with Gasteiger partial charge in [0.1, 0.15) is 4.21 Å². The van der Waals surface area contributed by atoms with Gasteiger partial charge in [-0.3, -0.25) is 0 Å². The Morgan fingerprint density at radius 3 is 2.57 bits per heavy atom. The van der Waals surface area contributed by atoms with E-state index in [1.165, 1.54) is 22.7 Å². The van der Waals surface area contributed by atoms with Crippen molar-refractivity contribution in [1.82, 2.24) is 4.57 Å². The van der Waals surface area contributed by atoms with Crippen LogP contribution in [0.1, 0.15) is 0 Å². The predicted octanol–water partition coefficient (Wildman–Crippen LogP) is 3.75. The van der Waals surface area contributed by atoms with Crippen LogP contribution in [0.15, 0.2) is 74.5 Å². The first-order chi connectivity index (χ1) is 11.1. The Labute approximate surface area is 142 Å². The Bertz CT molecular complexity index is 966. The van der Waals surface area contributed by atoms with Crippen LogP contribution in [0, 0.1) is 0 Å². The van der Waals surface area contributed by atoms with Crippen LogP contribution in [0.2, 0.25) is 0 Å². The minimum Gasteiger partial charge on any atom is -0.312 e. The van der Waals surface area contributed by atoms with Crippen LogP contribution in [0.4, 0.5) is 0 Å². The molecule has 0 N–H and O–H groups in total. The first kappa shape index (κ1) is 15.9. The van der Waals surface area contributed by atoms with E-state index in [2.05, 4.69) is 11.0 Å². The molecule has 0 bridgehead atoms. The van der Waals surface area contributed by atoms with Crippen molar-refractivity contribution in [2.45, 2.75) is 10.8 Å². The molecule has 0 aliphatic rings. The fourth-order valence-corrected chi connectivity index (χ4v) is 5.21. The van der Waals surface area contributed by atoms with E-state index in [-0.39, 0.29) is 4.21 Å². The second-order valence-electron chi connectivity index (χ2n) is 4.67. The number of thiazole rings is 1. The largest absolute Gasteiger partial charge is 0.312 e. The van der Waals surface area contributed by atoms with E-state index in [0.29, 0.717) is 11.3 Å². The summed E-state index contributed by atoms with van der Waals surface area (Å²) in [5.74, 6) is 0. The van der Waals surface area contributed by atoms with Crippen molar-refractivity contribution >= 4 is 32.7 Å². The molecule has 4 nitrogen and oxygen atoms in total. The topological polar surface area (TPSA) is 51.4 Å². The van der Waals surface area contributed by atoms with Crippen molar-refractivity contribution in [2.24, 2.45) is 4.40 Å². The zero-order valence-corrected chi connectivity index (χ0v) is 14.6. The lowest BCUT2D eigenvalue weighted by Gasteiger charge is -2.06. The summed E-state index contributed by atoms with van der Waals surface area (Å²) in [5, 5.41) is 3.64. The predicted molar refractivity (Wildman–Crippen MR) is 95.0 cm³/mol. The quantitative estimate of drug-likeness (QED) is 0.649. The van der Waals surface area contributed by atoms with Crippen molar-refractivity contribution in [2.75, 3.05) is 0 Å². The molecule has 7 heteroatoms. The van der Waals surface area contributed by atoms with E-state index in [1.807, 2.05) is 40.3 Å². The number of nitrogens with zero attached hydrogens (tertiary/aromatic N) is 2. The molecule has 23 heavy (non-hydrogen) atoms. The normalized spacial score (nSPS) is 12.4. The summed E-state index contributed by atoms with van der Waals surface area (Å²) in [6, 6.07) is 13.1. The Kier molecular flexibility index (Phi) is 4.61. The molecule has 2 aromatic heterocycles. The Morgan fingerprint density at radius 1 is 1.13 bits per heavy atom. The summed E-state index contributed by atoms with van der Waals surface area (Å²) >= 11 is 2.47. The molecule has 1 aromatic carbocycles. The molecule has 118 valence electrons. The summed E-state index contributed by atoms with van der Waals surface area (Å²) < 4.78 is 30.9. The van der Waals surface area contributed by atoms with Gasteiger partial charge in [-0.25, -0.2) is 0 Å². The highest BCUT2D eigenvalue weighted by Crippen LogP contribution is 2.21. The number of hydrogen-bond donors (Lipinski definition) is 0. The van der Waals surface area contributed by atoms with Crippen molar-refractivity contribution in [3.05, 3.63) is 70.7 Å². The Morgan fingerprint density at radius 2 is 1.91 bits per heavy atom. The number of rotatable bonds is 5. The third-order valence-electron chi connectivity index (χ3n) is 3.13. The van der Waals surface area contributed by atoms with E-state index in [4.69, 9.17) is 0 Å². The van der Waals surface area contributed by atoms with Gasteiger partial charge in [0.15, 0.2) is 0 Å². The van der Waals surface area contributed by atoms with E-state index < -0.39 is 10.0 Å². The van der Waals surface area contributed by atoms with Crippen molar-refractivity contribution in [3.8, 4) is 11.3 Å². The minimum atomic E-state index is -3.68. The first-order valence-electron chi connectivity index (χ1n) is 6.81. The van der Waals surface area contributed by atoms with Gasteiger partial charge in [-0.1, -0.05) is 42.5 Å². The lowest BCUT2D eigenvalue weighted by atomic mass is 10.2. The number of sulfonamides is 1. The van der Waals surface area contributed by atoms with Gasteiger partial charge in [-0.05, 0) is 17.0 Å². The van der Waals surface area contributed by atoms with Gasteiger partial charge < -0.3 is 4.57 Å². The first-order valence-corrected chi connectivity index (χ1v) is 10.0. The van der Waals surface area contributed by atoms with Gasteiger partial charge in [0, 0.05) is 11.9 Å². The Hall–Kier alpha value is -1.96. The number of aromatic nitrogens is 1. The van der Waals surface area contributed by atoms with Gasteiger partial charge in [-0.15, -0.1) is 33.7 Å². The smallest absolute Gasteiger partial charge is 0.294 e. The highest BCUT2D eigenvalue weighted by molar-refractivity contribution is 7.92. The van der Waals surface area contributed by atoms with Gasteiger partial charge in [0.25, 0.3) is 10.0 Å². The molecular weight excluding hydrogens is 348 g/mol. The monoisotopic (exact) mass is 362 g/mol. The summed E-state index contributed by atoms with van der Waals surface area (Å²) in [6.07, 6.45) is 1.73. The van der Waals surface area contributed by atoms with Crippen LogP contribution >= 0.6 is 22.7 Å². The molecule has 3 aromatic rings.